The fourth-order valence-electron chi connectivity index (χ4n) is 4.06. The Hall–Kier alpha value is -1.73. The Morgan fingerprint density at radius 1 is 1.19 bits per heavy atom. The zero-order valence-corrected chi connectivity index (χ0v) is 16.5. The number of nitrogens with one attached hydrogen (secondary N) is 1. The Labute approximate surface area is 155 Å². The molecule has 142 valence electrons. The summed E-state index contributed by atoms with van der Waals surface area (Å²) in [5.74, 6) is 0.346. The van der Waals surface area contributed by atoms with Gasteiger partial charge in [-0.3, -0.25) is 10.2 Å². The molecule has 26 heavy (non-hydrogen) atoms. The molecule has 2 atom stereocenters. The zero-order valence-electron chi connectivity index (χ0n) is 15.7. The standard InChI is InChI=1S/C19H27N3O3S/c1-14-6-8-16(9-7-14)26(24,25)22-10-4-5-15(13-22)19(2)11-17(20)21(3)18(23)12-19/h6-9,15,20H,4-5,10-13H2,1-3H3/t15?,19-/m0/s1. The Morgan fingerprint density at radius 3 is 2.46 bits per heavy atom. The number of carbonyl (C=O) groups is 1. The summed E-state index contributed by atoms with van der Waals surface area (Å²) >= 11 is 0. The van der Waals surface area contributed by atoms with Crippen LogP contribution in [0.3, 0.4) is 0 Å². The number of hydrogen-bond donors (Lipinski definition) is 1. The van der Waals surface area contributed by atoms with Crippen LogP contribution in [-0.2, 0) is 14.8 Å². The number of amidine groups is 1. The van der Waals surface area contributed by atoms with Gasteiger partial charge in [0, 0.05) is 33.0 Å². The Kier molecular flexibility index (Phi) is 4.96. The van der Waals surface area contributed by atoms with Crippen LogP contribution in [0.25, 0.3) is 0 Å². The summed E-state index contributed by atoms with van der Waals surface area (Å²) in [5.41, 5.74) is 0.665. The normalized spacial score (nSPS) is 28.4. The van der Waals surface area contributed by atoms with Crippen molar-refractivity contribution < 1.29 is 13.2 Å². The van der Waals surface area contributed by atoms with Gasteiger partial charge in [-0.05, 0) is 43.2 Å². The van der Waals surface area contributed by atoms with Crippen LogP contribution >= 0.6 is 0 Å². The van der Waals surface area contributed by atoms with Gasteiger partial charge in [-0.1, -0.05) is 24.6 Å². The molecule has 0 saturated carbocycles. The predicted octanol–water partition coefficient (Wildman–Crippen LogP) is 2.63. The molecule has 2 heterocycles. The highest BCUT2D eigenvalue weighted by Crippen LogP contribution is 2.44. The highest BCUT2D eigenvalue weighted by Gasteiger charge is 2.45. The zero-order chi connectivity index (χ0) is 19.1. The third-order valence-corrected chi connectivity index (χ3v) is 7.81. The van der Waals surface area contributed by atoms with Gasteiger partial charge < -0.3 is 4.90 Å². The molecule has 2 aliphatic rings. The van der Waals surface area contributed by atoms with Gasteiger partial charge in [0.2, 0.25) is 15.9 Å². The quantitative estimate of drug-likeness (QED) is 0.879. The number of hydrogen-bond acceptors (Lipinski definition) is 4. The van der Waals surface area contributed by atoms with Gasteiger partial charge in [0.25, 0.3) is 0 Å². The monoisotopic (exact) mass is 377 g/mol. The molecule has 0 spiro atoms. The molecule has 2 saturated heterocycles. The lowest BCUT2D eigenvalue weighted by molar-refractivity contribution is -0.131. The number of piperidine rings is 2. The van der Waals surface area contributed by atoms with Crippen molar-refractivity contribution in [1.29, 1.82) is 5.41 Å². The maximum Gasteiger partial charge on any atom is 0.243 e. The summed E-state index contributed by atoms with van der Waals surface area (Å²) in [7, 11) is -1.89. The first-order chi connectivity index (χ1) is 12.1. The van der Waals surface area contributed by atoms with Gasteiger partial charge in [0.05, 0.1) is 4.90 Å². The number of rotatable bonds is 3. The summed E-state index contributed by atoms with van der Waals surface area (Å²) in [6.07, 6.45) is 2.55. The highest BCUT2D eigenvalue weighted by molar-refractivity contribution is 7.89. The summed E-state index contributed by atoms with van der Waals surface area (Å²) < 4.78 is 27.6. The fraction of sp³-hybridized carbons (Fsp3) is 0.579. The average molecular weight is 378 g/mol. The number of likely N-dealkylation sites (tertiary alicyclic amines) is 1. The van der Waals surface area contributed by atoms with Crippen molar-refractivity contribution in [2.24, 2.45) is 11.3 Å². The Morgan fingerprint density at radius 2 is 1.85 bits per heavy atom. The third kappa shape index (κ3) is 3.42. The van der Waals surface area contributed by atoms with E-state index in [1.54, 1.807) is 23.5 Å². The second kappa shape index (κ2) is 6.78. The first kappa shape index (κ1) is 19.0. The van der Waals surface area contributed by atoms with Crippen molar-refractivity contribution in [3.8, 4) is 0 Å². The van der Waals surface area contributed by atoms with Gasteiger partial charge in [-0.25, -0.2) is 8.42 Å². The van der Waals surface area contributed by atoms with Gasteiger partial charge in [-0.2, -0.15) is 4.31 Å². The lowest BCUT2D eigenvalue weighted by atomic mass is 9.67. The Bertz CT molecular complexity index is 799. The molecule has 1 amide bonds. The second-order valence-corrected chi connectivity index (χ2v) is 9.86. The molecule has 1 unspecified atom stereocenters. The largest absolute Gasteiger partial charge is 0.304 e. The molecule has 1 N–H and O–H groups in total. The van der Waals surface area contributed by atoms with Gasteiger partial charge in [0.1, 0.15) is 5.84 Å². The summed E-state index contributed by atoms with van der Waals surface area (Å²) in [6.45, 7) is 4.88. The maximum absolute atomic E-state index is 13.0. The minimum absolute atomic E-state index is 0.0535. The van der Waals surface area contributed by atoms with Crippen LogP contribution in [0.4, 0.5) is 0 Å². The van der Waals surface area contributed by atoms with Crippen molar-refractivity contribution in [2.45, 2.75) is 44.4 Å². The molecule has 6 nitrogen and oxygen atoms in total. The lowest BCUT2D eigenvalue weighted by Crippen LogP contribution is -2.51. The highest BCUT2D eigenvalue weighted by atomic mass is 32.2. The molecule has 7 heteroatoms. The molecule has 0 radical (unpaired) electrons. The predicted molar refractivity (Wildman–Crippen MR) is 100 cm³/mol. The van der Waals surface area contributed by atoms with Crippen molar-refractivity contribution >= 4 is 21.8 Å². The first-order valence-corrected chi connectivity index (χ1v) is 10.5. The number of carbonyl (C=O) groups excluding carboxylic acids is 1. The molecule has 3 rings (SSSR count). The summed E-state index contributed by atoms with van der Waals surface area (Å²) in [4.78, 5) is 14.0. The minimum Gasteiger partial charge on any atom is -0.304 e. The minimum atomic E-state index is -3.53. The van der Waals surface area contributed by atoms with E-state index in [9.17, 15) is 13.2 Å². The van der Waals surface area contributed by atoms with E-state index in [0.717, 1.165) is 18.4 Å². The molecular formula is C19H27N3O3S. The van der Waals surface area contributed by atoms with Crippen LogP contribution in [-0.4, -0.2) is 49.5 Å². The van der Waals surface area contributed by atoms with Crippen LogP contribution in [0, 0.1) is 23.7 Å². The van der Waals surface area contributed by atoms with E-state index in [1.165, 1.54) is 4.90 Å². The third-order valence-electron chi connectivity index (χ3n) is 5.93. The van der Waals surface area contributed by atoms with Gasteiger partial charge >= 0.3 is 0 Å². The molecule has 2 aliphatic heterocycles. The molecule has 1 aromatic rings. The first-order valence-electron chi connectivity index (χ1n) is 9.04. The molecule has 2 fully saturated rings. The van der Waals surface area contributed by atoms with E-state index in [4.69, 9.17) is 5.41 Å². The van der Waals surface area contributed by atoms with Crippen molar-refractivity contribution in [3.05, 3.63) is 29.8 Å². The fourth-order valence-corrected chi connectivity index (χ4v) is 5.58. The van der Waals surface area contributed by atoms with E-state index in [-0.39, 0.29) is 17.2 Å². The van der Waals surface area contributed by atoms with E-state index in [2.05, 4.69) is 0 Å². The van der Waals surface area contributed by atoms with Crippen LogP contribution in [0.1, 0.15) is 38.2 Å². The second-order valence-electron chi connectivity index (χ2n) is 7.92. The van der Waals surface area contributed by atoms with Crippen LogP contribution < -0.4 is 0 Å². The average Bonchev–Trinajstić information content (AvgIpc) is 2.60. The molecule has 0 bridgehead atoms. The topological polar surface area (TPSA) is 81.5 Å². The van der Waals surface area contributed by atoms with Crippen LogP contribution in [0.5, 0.6) is 0 Å². The molecule has 0 aliphatic carbocycles. The number of benzene rings is 1. The van der Waals surface area contributed by atoms with Crippen molar-refractivity contribution in [1.82, 2.24) is 9.21 Å². The smallest absolute Gasteiger partial charge is 0.243 e. The van der Waals surface area contributed by atoms with Crippen molar-refractivity contribution in [3.63, 3.8) is 0 Å². The van der Waals surface area contributed by atoms with Gasteiger partial charge in [-0.15, -0.1) is 0 Å². The number of sulfonamides is 1. The lowest BCUT2D eigenvalue weighted by Gasteiger charge is -2.46. The molecular weight excluding hydrogens is 350 g/mol. The number of amides is 1. The summed E-state index contributed by atoms with van der Waals surface area (Å²) in [5, 5.41) is 8.10. The maximum atomic E-state index is 13.0. The Balaban J connectivity index is 1.82. The van der Waals surface area contributed by atoms with Crippen molar-refractivity contribution in [2.75, 3.05) is 20.1 Å². The van der Waals surface area contributed by atoms with E-state index >= 15 is 0 Å². The van der Waals surface area contributed by atoms with Gasteiger partial charge in [0.15, 0.2) is 0 Å². The van der Waals surface area contributed by atoms with E-state index in [0.29, 0.717) is 36.7 Å². The van der Waals surface area contributed by atoms with Crippen LogP contribution in [0.15, 0.2) is 29.2 Å². The molecule has 1 aromatic carbocycles. The van der Waals surface area contributed by atoms with E-state index in [1.807, 2.05) is 26.0 Å². The number of aryl methyl sites for hydroxylation is 1. The van der Waals surface area contributed by atoms with Crippen LogP contribution in [0.2, 0.25) is 0 Å². The van der Waals surface area contributed by atoms with E-state index < -0.39 is 10.0 Å². The molecule has 0 aromatic heterocycles. The summed E-state index contributed by atoms with van der Waals surface area (Å²) in [6, 6.07) is 6.94. The number of nitrogens with zero attached hydrogens (tertiary/aromatic N) is 2. The SMILES string of the molecule is Cc1ccc(S(=O)(=O)N2CCCC([C@@]3(C)CC(=N)N(C)C(=O)C3)C2)cc1.